The molecule has 1 aromatic heterocycles. The van der Waals surface area contributed by atoms with Crippen molar-refractivity contribution >= 4 is 5.69 Å². The summed E-state index contributed by atoms with van der Waals surface area (Å²) in [6, 6.07) is 3.70. The predicted octanol–water partition coefficient (Wildman–Crippen LogP) is 1.55. The maximum absolute atomic E-state index is 11.5. The third-order valence-electron chi connectivity index (χ3n) is 2.69. The number of anilines is 1. The Bertz CT molecular complexity index is 350. The van der Waals surface area contributed by atoms with E-state index < -0.39 is 0 Å². The SMILES string of the molecule is Nc1ccn(C2CCCC2)c(=O)c1. The van der Waals surface area contributed by atoms with Gasteiger partial charge in [-0.25, -0.2) is 0 Å². The molecule has 1 aliphatic rings. The Morgan fingerprint density at radius 3 is 2.69 bits per heavy atom. The molecule has 0 saturated heterocycles. The molecule has 1 heterocycles. The quantitative estimate of drug-likeness (QED) is 0.709. The van der Waals surface area contributed by atoms with Crippen molar-refractivity contribution in [2.24, 2.45) is 0 Å². The maximum Gasteiger partial charge on any atom is 0.252 e. The molecule has 2 rings (SSSR count). The second kappa shape index (κ2) is 3.24. The van der Waals surface area contributed by atoms with Crippen molar-refractivity contribution in [1.29, 1.82) is 0 Å². The van der Waals surface area contributed by atoms with Crippen molar-refractivity contribution in [3.05, 3.63) is 28.7 Å². The normalized spacial score (nSPS) is 17.8. The smallest absolute Gasteiger partial charge is 0.252 e. The van der Waals surface area contributed by atoms with E-state index in [1.807, 2.05) is 10.8 Å². The Hall–Kier alpha value is -1.25. The summed E-state index contributed by atoms with van der Waals surface area (Å²) >= 11 is 0. The van der Waals surface area contributed by atoms with E-state index in [1.165, 1.54) is 18.9 Å². The first-order chi connectivity index (χ1) is 6.27. The number of aromatic nitrogens is 1. The van der Waals surface area contributed by atoms with Gasteiger partial charge in [0.05, 0.1) is 0 Å². The molecule has 0 aliphatic heterocycles. The fourth-order valence-corrected chi connectivity index (χ4v) is 1.99. The van der Waals surface area contributed by atoms with Crippen LogP contribution in [0.25, 0.3) is 0 Å². The molecule has 3 heteroatoms. The van der Waals surface area contributed by atoms with Crippen molar-refractivity contribution in [2.75, 3.05) is 5.73 Å². The molecule has 0 unspecified atom stereocenters. The standard InChI is InChI=1S/C10H14N2O/c11-8-5-6-12(10(13)7-8)9-3-1-2-4-9/h5-7,9H,1-4,11H2. The predicted molar refractivity (Wildman–Crippen MR) is 52.6 cm³/mol. The Kier molecular flexibility index (Phi) is 2.08. The third kappa shape index (κ3) is 1.59. The topological polar surface area (TPSA) is 48.0 Å². The summed E-state index contributed by atoms with van der Waals surface area (Å²) in [5.74, 6) is 0. The fraction of sp³-hybridized carbons (Fsp3) is 0.500. The molecular weight excluding hydrogens is 164 g/mol. The number of hydrogen-bond donors (Lipinski definition) is 1. The van der Waals surface area contributed by atoms with Crippen LogP contribution < -0.4 is 11.3 Å². The van der Waals surface area contributed by atoms with Gasteiger partial charge >= 0.3 is 0 Å². The zero-order valence-electron chi connectivity index (χ0n) is 7.57. The first-order valence-electron chi connectivity index (χ1n) is 4.75. The van der Waals surface area contributed by atoms with Crippen LogP contribution >= 0.6 is 0 Å². The summed E-state index contributed by atoms with van der Waals surface area (Å²) in [7, 11) is 0. The molecule has 2 N–H and O–H groups in total. The van der Waals surface area contributed by atoms with Crippen LogP contribution in [0, 0.1) is 0 Å². The summed E-state index contributed by atoms with van der Waals surface area (Å²) in [5.41, 5.74) is 6.10. The van der Waals surface area contributed by atoms with Crippen LogP contribution in [0.1, 0.15) is 31.7 Å². The van der Waals surface area contributed by atoms with Gasteiger partial charge < -0.3 is 10.3 Å². The lowest BCUT2D eigenvalue weighted by molar-refractivity contribution is 0.503. The molecule has 1 aliphatic carbocycles. The average molecular weight is 178 g/mol. The van der Waals surface area contributed by atoms with E-state index in [-0.39, 0.29) is 5.56 Å². The summed E-state index contributed by atoms with van der Waals surface area (Å²) in [6.45, 7) is 0. The maximum atomic E-state index is 11.5. The molecule has 1 saturated carbocycles. The number of nitrogens with zero attached hydrogens (tertiary/aromatic N) is 1. The molecule has 0 amide bonds. The Labute approximate surface area is 77.2 Å². The molecule has 0 spiro atoms. The van der Waals surface area contributed by atoms with Gasteiger partial charge in [-0.2, -0.15) is 0 Å². The Morgan fingerprint density at radius 1 is 1.38 bits per heavy atom. The zero-order valence-corrected chi connectivity index (χ0v) is 7.57. The molecule has 0 atom stereocenters. The van der Waals surface area contributed by atoms with E-state index in [4.69, 9.17) is 5.73 Å². The van der Waals surface area contributed by atoms with Crippen LogP contribution in [0.3, 0.4) is 0 Å². The second-order valence-corrected chi connectivity index (χ2v) is 3.64. The minimum Gasteiger partial charge on any atom is -0.399 e. The fourth-order valence-electron chi connectivity index (χ4n) is 1.99. The van der Waals surface area contributed by atoms with Gasteiger partial charge in [0.1, 0.15) is 0 Å². The number of rotatable bonds is 1. The monoisotopic (exact) mass is 178 g/mol. The first-order valence-corrected chi connectivity index (χ1v) is 4.75. The van der Waals surface area contributed by atoms with E-state index in [0.717, 1.165) is 12.8 Å². The van der Waals surface area contributed by atoms with Gasteiger partial charge in [0.2, 0.25) is 0 Å². The van der Waals surface area contributed by atoms with Gasteiger partial charge in [-0.1, -0.05) is 12.8 Å². The van der Waals surface area contributed by atoms with Gasteiger partial charge in [-0.15, -0.1) is 0 Å². The van der Waals surface area contributed by atoms with Gasteiger partial charge in [0.15, 0.2) is 0 Å². The lowest BCUT2D eigenvalue weighted by atomic mass is 10.2. The number of nitrogens with two attached hydrogens (primary N) is 1. The molecule has 0 bridgehead atoms. The van der Waals surface area contributed by atoms with Gasteiger partial charge in [0, 0.05) is 24.0 Å². The largest absolute Gasteiger partial charge is 0.399 e. The summed E-state index contributed by atoms with van der Waals surface area (Å²) in [5, 5.41) is 0. The first kappa shape index (κ1) is 8.35. The van der Waals surface area contributed by atoms with E-state index in [9.17, 15) is 4.79 Å². The van der Waals surface area contributed by atoms with Crippen LogP contribution in [0.4, 0.5) is 5.69 Å². The highest BCUT2D eigenvalue weighted by Crippen LogP contribution is 2.27. The van der Waals surface area contributed by atoms with Gasteiger partial charge in [-0.3, -0.25) is 4.79 Å². The van der Waals surface area contributed by atoms with E-state index >= 15 is 0 Å². The number of hydrogen-bond acceptors (Lipinski definition) is 2. The summed E-state index contributed by atoms with van der Waals surface area (Å²) in [4.78, 5) is 11.5. The van der Waals surface area contributed by atoms with Gasteiger partial charge in [-0.05, 0) is 18.9 Å². The summed E-state index contributed by atoms with van der Waals surface area (Å²) in [6.07, 6.45) is 6.55. The van der Waals surface area contributed by atoms with Crippen molar-refractivity contribution in [2.45, 2.75) is 31.7 Å². The third-order valence-corrected chi connectivity index (χ3v) is 2.69. The van der Waals surface area contributed by atoms with Crippen molar-refractivity contribution in [1.82, 2.24) is 4.57 Å². The number of pyridine rings is 1. The van der Waals surface area contributed by atoms with Gasteiger partial charge in [0.25, 0.3) is 5.56 Å². The lowest BCUT2D eigenvalue weighted by Gasteiger charge is -2.12. The van der Waals surface area contributed by atoms with E-state index in [1.54, 1.807) is 6.07 Å². The molecule has 0 radical (unpaired) electrons. The molecule has 1 aromatic rings. The van der Waals surface area contributed by atoms with Crippen molar-refractivity contribution in [3.8, 4) is 0 Å². The molecule has 3 nitrogen and oxygen atoms in total. The highest BCUT2D eigenvalue weighted by atomic mass is 16.1. The van der Waals surface area contributed by atoms with Crippen LogP contribution in [0.5, 0.6) is 0 Å². The van der Waals surface area contributed by atoms with E-state index in [2.05, 4.69) is 0 Å². The molecule has 0 aromatic carbocycles. The average Bonchev–Trinajstić information content (AvgIpc) is 2.56. The van der Waals surface area contributed by atoms with Crippen molar-refractivity contribution in [3.63, 3.8) is 0 Å². The minimum absolute atomic E-state index is 0.0342. The Balaban J connectivity index is 2.34. The minimum atomic E-state index is 0.0342. The van der Waals surface area contributed by atoms with E-state index in [0.29, 0.717) is 11.7 Å². The molecule has 1 fully saturated rings. The highest BCUT2D eigenvalue weighted by molar-refractivity contribution is 5.34. The summed E-state index contributed by atoms with van der Waals surface area (Å²) < 4.78 is 1.81. The van der Waals surface area contributed by atoms with Crippen LogP contribution in [-0.2, 0) is 0 Å². The second-order valence-electron chi connectivity index (χ2n) is 3.64. The molecule has 70 valence electrons. The zero-order chi connectivity index (χ0) is 9.26. The molecule has 13 heavy (non-hydrogen) atoms. The van der Waals surface area contributed by atoms with Crippen LogP contribution in [0.2, 0.25) is 0 Å². The van der Waals surface area contributed by atoms with Crippen LogP contribution in [0.15, 0.2) is 23.1 Å². The molecular formula is C10H14N2O. The Morgan fingerprint density at radius 2 is 2.08 bits per heavy atom. The number of nitrogen functional groups attached to an aromatic ring is 1. The highest BCUT2D eigenvalue weighted by Gasteiger charge is 2.16. The van der Waals surface area contributed by atoms with Crippen LogP contribution in [-0.4, -0.2) is 4.57 Å². The lowest BCUT2D eigenvalue weighted by Crippen LogP contribution is -2.22. The van der Waals surface area contributed by atoms with Crippen molar-refractivity contribution < 1.29 is 0 Å².